The molecule has 3 aromatic rings. The van der Waals surface area contributed by atoms with Gasteiger partial charge in [-0.1, -0.05) is 30.2 Å². The Hall–Kier alpha value is -2.90. The van der Waals surface area contributed by atoms with E-state index in [0.717, 1.165) is 16.8 Å². The molecule has 0 fully saturated rings. The van der Waals surface area contributed by atoms with E-state index < -0.39 is 0 Å². The Labute approximate surface area is 134 Å². The van der Waals surface area contributed by atoms with Crippen LogP contribution in [0.1, 0.15) is 17.2 Å². The lowest BCUT2D eigenvalue weighted by Gasteiger charge is -2.14. The molecule has 1 N–H and O–H groups in total. The van der Waals surface area contributed by atoms with Crippen molar-refractivity contribution in [3.8, 4) is 18.0 Å². The van der Waals surface area contributed by atoms with Crippen molar-refractivity contribution in [3.63, 3.8) is 0 Å². The Morgan fingerprint density at radius 2 is 1.87 bits per heavy atom. The molecule has 0 amide bonds. The minimum atomic E-state index is -0.265. The quantitative estimate of drug-likeness (QED) is 0.731. The number of nitrogens with one attached hydrogen (secondary N) is 1. The van der Waals surface area contributed by atoms with Gasteiger partial charge in [-0.2, -0.15) is 5.10 Å². The van der Waals surface area contributed by atoms with Crippen LogP contribution in [0.5, 0.6) is 0 Å². The first-order valence-electron chi connectivity index (χ1n) is 7.30. The van der Waals surface area contributed by atoms with E-state index in [9.17, 15) is 4.39 Å². The molecular weight excluding hydrogens is 289 g/mol. The summed E-state index contributed by atoms with van der Waals surface area (Å²) in [4.78, 5) is 0. The number of aromatic nitrogens is 2. The maximum Gasteiger partial charge on any atom is 0.123 e. The van der Waals surface area contributed by atoms with E-state index >= 15 is 0 Å². The van der Waals surface area contributed by atoms with E-state index in [1.165, 1.54) is 12.1 Å². The van der Waals surface area contributed by atoms with Crippen molar-refractivity contribution in [2.75, 3.05) is 0 Å². The molecule has 1 heterocycles. The molecular formula is C19H16FN3. The summed E-state index contributed by atoms with van der Waals surface area (Å²) in [6.07, 6.45) is 9.22. The Bertz CT molecular complexity index is 784. The lowest BCUT2D eigenvalue weighted by atomic mass is 10.1. The zero-order valence-electron chi connectivity index (χ0n) is 12.5. The van der Waals surface area contributed by atoms with Gasteiger partial charge in [-0.15, -0.1) is 6.42 Å². The fourth-order valence-corrected chi connectivity index (χ4v) is 2.34. The summed E-state index contributed by atoms with van der Waals surface area (Å²) in [6.45, 7) is 0.631. The molecule has 3 nitrogen and oxygen atoms in total. The van der Waals surface area contributed by atoms with Gasteiger partial charge < -0.3 is 0 Å². The maximum atomic E-state index is 13.0. The van der Waals surface area contributed by atoms with E-state index in [1.807, 2.05) is 36.5 Å². The molecule has 0 radical (unpaired) electrons. The first-order valence-corrected chi connectivity index (χ1v) is 7.30. The molecule has 0 saturated carbocycles. The number of hydrogen-bond acceptors (Lipinski definition) is 2. The zero-order valence-corrected chi connectivity index (χ0v) is 12.5. The average Bonchev–Trinajstić information content (AvgIpc) is 3.12. The number of hydrogen-bond donors (Lipinski definition) is 1. The number of nitrogens with zero attached hydrogens (tertiary/aromatic N) is 2. The van der Waals surface area contributed by atoms with Gasteiger partial charge in [-0.05, 0) is 41.5 Å². The summed E-state index contributed by atoms with van der Waals surface area (Å²) in [5, 5.41) is 7.49. The van der Waals surface area contributed by atoms with Gasteiger partial charge >= 0.3 is 0 Å². The summed E-state index contributed by atoms with van der Waals surface area (Å²) < 4.78 is 14.8. The molecule has 2 aromatic carbocycles. The Morgan fingerprint density at radius 3 is 2.48 bits per heavy atom. The first-order chi connectivity index (χ1) is 11.3. The topological polar surface area (TPSA) is 29.9 Å². The smallest absolute Gasteiger partial charge is 0.123 e. The van der Waals surface area contributed by atoms with Gasteiger partial charge in [0.1, 0.15) is 5.82 Å². The van der Waals surface area contributed by atoms with E-state index in [0.29, 0.717) is 6.54 Å². The van der Waals surface area contributed by atoms with Crippen molar-refractivity contribution in [3.05, 3.63) is 83.9 Å². The summed E-state index contributed by atoms with van der Waals surface area (Å²) >= 11 is 0. The van der Waals surface area contributed by atoms with Crippen molar-refractivity contribution in [1.82, 2.24) is 15.1 Å². The lowest BCUT2D eigenvalue weighted by Crippen LogP contribution is -2.19. The number of rotatable bonds is 5. The molecule has 0 bridgehead atoms. The molecule has 0 unspecified atom stereocenters. The number of benzene rings is 2. The van der Waals surface area contributed by atoms with Crippen LogP contribution in [-0.2, 0) is 6.54 Å². The molecule has 0 saturated heterocycles. The second kappa shape index (κ2) is 6.91. The van der Waals surface area contributed by atoms with Gasteiger partial charge in [0.2, 0.25) is 0 Å². The van der Waals surface area contributed by atoms with Gasteiger partial charge in [-0.25, -0.2) is 9.07 Å². The van der Waals surface area contributed by atoms with Crippen molar-refractivity contribution in [2.45, 2.75) is 12.6 Å². The van der Waals surface area contributed by atoms with Crippen molar-refractivity contribution in [2.24, 2.45) is 0 Å². The zero-order chi connectivity index (χ0) is 16.1. The van der Waals surface area contributed by atoms with Gasteiger partial charge in [0.25, 0.3) is 0 Å². The minimum Gasteiger partial charge on any atom is -0.296 e. The van der Waals surface area contributed by atoms with Crippen LogP contribution in [0.15, 0.2) is 67.0 Å². The highest BCUT2D eigenvalue weighted by molar-refractivity contribution is 5.34. The summed E-state index contributed by atoms with van der Waals surface area (Å²) in [5.41, 5.74) is 3.00. The lowest BCUT2D eigenvalue weighted by molar-refractivity contribution is 0.616. The van der Waals surface area contributed by atoms with Crippen LogP contribution in [-0.4, -0.2) is 9.78 Å². The van der Waals surface area contributed by atoms with Gasteiger partial charge in [0.05, 0.1) is 11.7 Å². The molecule has 1 aromatic heterocycles. The fourth-order valence-electron chi connectivity index (χ4n) is 2.34. The average molecular weight is 305 g/mol. The van der Waals surface area contributed by atoms with Gasteiger partial charge in [0.15, 0.2) is 0 Å². The predicted octanol–water partition coefficient (Wildman–Crippen LogP) is 3.48. The van der Waals surface area contributed by atoms with E-state index in [1.54, 1.807) is 23.0 Å². The summed E-state index contributed by atoms with van der Waals surface area (Å²) in [5.74, 6) is 2.43. The maximum absolute atomic E-state index is 13.0. The first kappa shape index (κ1) is 15.0. The van der Waals surface area contributed by atoms with E-state index in [4.69, 9.17) is 6.42 Å². The van der Waals surface area contributed by atoms with E-state index in [-0.39, 0.29) is 11.9 Å². The molecule has 0 aliphatic carbocycles. The number of halogens is 1. The third kappa shape index (κ3) is 3.65. The summed E-state index contributed by atoms with van der Waals surface area (Å²) in [7, 11) is 0. The van der Waals surface area contributed by atoms with Crippen molar-refractivity contribution < 1.29 is 4.39 Å². The standard InChI is InChI=1S/C19H16FN3/c1-2-19(16-6-8-17(20)9-7-16)21-14-15-4-10-18(11-5-15)23-13-3-12-22-23/h1,3-13,19,21H,14H2/t19-/m0/s1. The van der Waals surface area contributed by atoms with Crippen LogP contribution in [0.3, 0.4) is 0 Å². The van der Waals surface area contributed by atoms with Crippen molar-refractivity contribution >= 4 is 0 Å². The normalized spacial score (nSPS) is 11.8. The van der Waals surface area contributed by atoms with Gasteiger partial charge in [-0.3, -0.25) is 5.32 Å². The molecule has 3 rings (SSSR count). The fraction of sp³-hybridized carbons (Fsp3) is 0.105. The second-order valence-electron chi connectivity index (χ2n) is 5.15. The number of terminal acetylenes is 1. The predicted molar refractivity (Wildman–Crippen MR) is 88.4 cm³/mol. The third-order valence-electron chi connectivity index (χ3n) is 3.59. The SMILES string of the molecule is C#C[C@H](NCc1ccc(-n2cccn2)cc1)c1ccc(F)cc1. The highest BCUT2D eigenvalue weighted by Gasteiger charge is 2.07. The van der Waals surface area contributed by atoms with Crippen LogP contribution in [0.2, 0.25) is 0 Å². The second-order valence-corrected chi connectivity index (χ2v) is 5.15. The highest BCUT2D eigenvalue weighted by Crippen LogP contribution is 2.14. The van der Waals surface area contributed by atoms with Crippen LogP contribution < -0.4 is 5.32 Å². The van der Waals surface area contributed by atoms with Crippen molar-refractivity contribution in [1.29, 1.82) is 0 Å². The van der Waals surface area contributed by atoms with Crippen LogP contribution >= 0.6 is 0 Å². The molecule has 4 heteroatoms. The van der Waals surface area contributed by atoms with Crippen LogP contribution in [0, 0.1) is 18.2 Å². The van der Waals surface area contributed by atoms with Gasteiger partial charge in [0, 0.05) is 18.9 Å². The van der Waals surface area contributed by atoms with Crippen LogP contribution in [0.4, 0.5) is 4.39 Å². The Kier molecular flexibility index (Phi) is 4.51. The molecule has 23 heavy (non-hydrogen) atoms. The Balaban J connectivity index is 1.65. The largest absolute Gasteiger partial charge is 0.296 e. The molecule has 0 aliphatic heterocycles. The molecule has 0 spiro atoms. The third-order valence-corrected chi connectivity index (χ3v) is 3.59. The monoisotopic (exact) mass is 305 g/mol. The van der Waals surface area contributed by atoms with E-state index in [2.05, 4.69) is 16.3 Å². The molecule has 0 aliphatic rings. The molecule has 114 valence electrons. The Morgan fingerprint density at radius 1 is 1.13 bits per heavy atom. The molecule has 1 atom stereocenters. The van der Waals surface area contributed by atoms with Crippen LogP contribution in [0.25, 0.3) is 5.69 Å². The highest BCUT2D eigenvalue weighted by atomic mass is 19.1. The summed E-state index contributed by atoms with van der Waals surface area (Å²) in [6, 6.07) is 15.9. The minimum absolute atomic E-state index is 0.249.